The predicted molar refractivity (Wildman–Crippen MR) is 79.5 cm³/mol. The molecule has 1 radical (unpaired) electrons. The first-order valence-corrected chi connectivity index (χ1v) is 5.55. The van der Waals surface area contributed by atoms with Crippen LogP contribution in [-0.2, 0) is 9.59 Å². The van der Waals surface area contributed by atoms with Crippen molar-refractivity contribution in [2.45, 2.75) is 6.92 Å². The molecule has 1 aromatic carbocycles. The molecule has 0 aliphatic rings. The van der Waals surface area contributed by atoms with E-state index in [9.17, 15) is 14.7 Å². The minimum absolute atomic E-state index is 0. The standard InChI is InChI=1S/C11H11NO4.C3H4O2.2Na/c1-6(2)10(14)12-7-3-4-8(11(15)16)9(13)5-7;1-2-3(4)5;;/h3-5,13H,1H2,2H3,(H,12,14)(H,15,16);2H,1H2,(H,4,5);;/q;;;+1/p-1. The van der Waals surface area contributed by atoms with Gasteiger partial charge in [0.25, 0.3) is 5.91 Å². The number of rotatable bonds is 4. The molecule has 0 saturated carbocycles. The molecular formula is C14H14NNa2O6. The number of nitrogens with one attached hydrogen (secondary N) is 1. The molecule has 0 saturated heterocycles. The number of carbonyl (C=O) groups excluding carboxylic acids is 2. The summed E-state index contributed by atoms with van der Waals surface area (Å²) < 4.78 is 0. The fraction of sp³-hybridized carbons (Fsp3) is 0.0714. The molecule has 7 nitrogen and oxygen atoms in total. The van der Waals surface area contributed by atoms with Gasteiger partial charge in [0.1, 0.15) is 11.3 Å². The van der Waals surface area contributed by atoms with Gasteiger partial charge in [-0.2, -0.15) is 0 Å². The maximum absolute atomic E-state index is 11.2. The Hall–Kier alpha value is -1.09. The fourth-order valence-corrected chi connectivity index (χ4v) is 1.03. The van der Waals surface area contributed by atoms with Crippen LogP contribution in [0.1, 0.15) is 17.3 Å². The van der Waals surface area contributed by atoms with Crippen LogP contribution < -0.4 is 40.0 Å². The van der Waals surface area contributed by atoms with Crippen LogP contribution in [0.5, 0.6) is 5.75 Å². The smallest absolute Gasteiger partial charge is 0.545 e. The molecule has 0 spiro atoms. The van der Waals surface area contributed by atoms with E-state index < -0.39 is 17.7 Å². The van der Waals surface area contributed by atoms with Gasteiger partial charge in [0.05, 0.1) is 5.97 Å². The van der Waals surface area contributed by atoms with E-state index in [0.29, 0.717) is 11.3 Å². The summed E-state index contributed by atoms with van der Waals surface area (Å²) in [6.07, 6.45) is 0.722. The van der Waals surface area contributed by atoms with Crippen LogP contribution in [0.2, 0.25) is 0 Å². The quantitative estimate of drug-likeness (QED) is 0.401. The number of carboxylic acids is 2. The van der Waals surface area contributed by atoms with Crippen LogP contribution in [-0.4, -0.2) is 57.6 Å². The van der Waals surface area contributed by atoms with Gasteiger partial charge in [-0.15, -0.1) is 0 Å². The van der Waals surface area contributed by atoms with Gasteiger partial charge in [0.15, 0.2) is 0 Å². The molecule has 0 aromatic heterocycles. The topological polar surface area (TPSA) is 127 Å². The van der Waals surface area contributed by atoms with Gasteiger partial charge in [0.2, 0.25) is 0 Å². The molecular weight excluding hydrogens is 324 g/mol. The molecule has 3 N–H and O–H groups in total. The van der Waals surface area contributed by atoms with Crippen LogP contribution in [0.25, 0.3) is 0 Å². The predicted octanol–water partition coefficient (Wildman–Crippen LogP) is -2.85. The number of aromatic hydroxyl groups is 1. The Bertz CT molecular complexity index is 601. The molecule has 0 aliphatic heterocycles. The molecule has 23 heavy (non-hydrogen) atoms. The van der Waals surface area contributed by atoms with Gasteiger partial charge >= 0.3 is 35.5 Å². The zero-order valence-electron chi connectivity index (χ0n) is 13.3. The van der Waals surface area contributed by atoms with Crippen molar-refractivity contribution >= 4 is 53.1 Å². The second-order valence-corrected chi connectivity index (χ2v) is 3.79. The van der Waals surface area contributed by atoms with Crippen molar-refractivity contribution in [2.75, 3.05) is 5.32 Å². The van der Waals surface area contributed by atoms with Gasteiger partial charge < -0.3 is 25.4 Å². The second-order valence-electron chi connectivity index (χ2n) is 3.79. The average molecular weight is 338 g/mol. The van der Waals surface area contributed by atoms with Crippen molar-refractivity contribution in [2.24, 2.45) is 0 Å². The Morgan fingerprint density at radius 1 is 1.30 bits per heavy atom. The number of aliphatic carboxylic acids is 1. The van der Waals surface area contributed by atoms with E-state index >= 15 is 0 Å². The van der Waals surface area contributed by atoms with Crippen LogP contribution in [0, 0.1) is 0 Å². The van der Waals surface area contributed by atoms with Gasteiger partial charge in [-0.05, 0) is 25.1 Å². The van der Waals surface area contributed by atoms with E-state index in [1.165, 1.54) is 18.2 Å². The largest absolute Gasteiger partial charge is 1.00 e. The maximum atomic E-state index is 11.2. The van der Waals surface area contributed by atoms with Gasteiger partial charge in [-0.25, -0.2) is 4.79 Å². The Kier molecular flexibility index (Phi) is 15.6. The molecule has 113 valence electrons. The van der Waals surface area contributed by atoms with Crippen molar-refractivity contribution < 1.29 is 59.3 Å². The van der Waals surface area contributed by atoms with E-state index in [1.807, 2.05) is 0 Å². The van der Waals surface area contributed by atoms with E-state index in [1.54, 1.807) is 6.92 Å². The second kappa shape index (κ2) is 13.4. The Balaban J connectivity index is -0.000000502. The first-order valence-electron chi connectivity index (χ1n) is 5.55. The Labute approximate surface area is 177 Å². The first-order chi connectivity index (χ1) is 9.68. The number of carbonyl (C=O) groups is 3. The summed E-state index contributed by atoms with van der Waals surface area (Å²) in [5.41, 5.74) is 0.422. The number of anilines is 1. The molecule has 0 heterocycles. The number of amides is 1. The first kappa shape index (κ1) is 26.8. The number of benzene rings is 1. The molecule has 0 unspecified atom stereocenters. The monoisotopic (exact) mass is 338 g/mol. The molecule has 1 amide bonds. The van der Waals surface area contributed by atoms with E-state index in [-0.39, 0.29) is 70.6 Å². The van der Waals surface area contributed by atoms with E-state index in [0.717, 1.165) is 6.08 Å². The Morgan fingerprint density at radius 3 is 2.09 bits per heavy atom. The van der Waals surface area contributed by atoms with Gasteiger partial charge in [0, 0.05) is 46.9 Å². The third-order valence-electron chi connectivity index (χ3n) is 2.04. The third-order valence-corrected chi connectivity index (χ3v) is 2.04. The molecule has 0 bridgehead atoms. The van der Waals surface area contributed by atoms with Gasteiger partial charge in [-0.1, -0.05) is 13.2 Å². The number of aromatic carboxylic acids is 1. The summed E-state index contributed by atoms with van der Waals surface area (Å²) in [6.45, 7) is 7.89. The summed E-state index contributed by atoms with van der Waals surface area (Å²) in [5.74, 6) is -3.24. The molecule has 1 rings (SSSR count). The molecule has 0 fully saturated rings. The number of carboxylic acid groups (broad SMARTS) is 2. The Morgan fingerprint density at radius 2 is 1.78 bits per heavy atom. The molecule has 0 atom stereocenters. The fourth-order valence-electron chi connectivity index (χ4n) is 1.03. The minimum Gasteiger partial charge on any atom is -0.545 e. The van der Waals surface area contributed by atoms with E-state index in [4.69, 9.17) is 15.0 Å². The van der Waals surface area contributed by atoms with Crippen molar-refractivity contribution in [3.8, 4) is 5.75 Å². The summed E-state index contributed by atoms with van der Waals surface area (Å²) in [7, 11) is 0. The maximum Gasteiger partial charge on any atom is 1.00 e. The van der Waals surface area contributed by atoms with Crippen molar-refractivity contribution in [1.82, 2.24) is 0 Å². The SMILES string of the molecule is C=C(C)C(=O)Nc1ccc(C(=O)O)c(O)c1.C=CC(=O)[O-].[Na+].[Na]. The number of hydrogen-bond acceptors (Lipinski definition) is 5. The van der Waals surface area contributed by atoms with Crippen molar-refractivity contribution in [3.05, 3.63) is 48.6 Å². The van der Waals surface area contributed by atoms with Crippen LogP contribution in [0.3, 0.4) is 0 Å². The number of phenols is 1. The zero-order valence-corrected chi connectivity index (χ0v) is 17.3. The number of hydrogen-bond donors (Lipinski definition) is 3. The zero-order chi connectivity index (χ0) is 16.6. The third kappa shape index (κ3) is 11.1. The average Bonchev–Trinajstić information content (AvgIpc) is 2.38. The minimum atomic E-state index is -1.23. The summed E-state index contributed by atoms with van der Waals surface area (Å²) in [4.78, 5) is 31.0. The van der Waals surface area contributed by atoms with Crippen LogP contribution >= 0.6 is 0 Å². The molecule has 1 aromatic rings. The van der Waals surface area contributed by atoms with Crippen molar-refractivity contribution in [1.29, 1.82) is 0 Å². The summed E-state index contributed by atoms with van der Waals surface area (Å²) in [6, 6.07) is 3.78. The molecule has 9 heteroatoms. The summed E-state index contributed by atoms with van der Waals surface area (Å²) >= 11 is 0. The van der Waals surface area contributed by atoms with Crippen LogP contribution in [0.4, 0.5) is 5.69 Å². The summed E-state index contributed by atoms with van der Waals surface area (Å²) in [5, 5.41) is 29.6. The van der Waals surface area contributed by atoms with Gasteiger partial charge in [-0.3, -0.25) is 4.79 Å². The van der Waals surface area contributed by atoms with Crippen LogP contribution in [0.15, 0.2) is 43.0 Å². The normalized spacial score (nSPS) is 8.04. The molecule has 0 aliphatic carbocycles. The van der Waals surface area contributed by atoms with Crippen molar-refractivity contribution in [3.63, 3.8) is 0 Å². The van der Waals surface area contributed by atoms with E-state index in [2.05, 4.69) is 18.5 Å².